The van der Waals surface area contributed by atoms with Crippen molar-refractivity contribution < 1.29 is 9.53 Å². The molecule has 0 fully saturated rings. The molecule has 0 saturated heterocycles. The molecule has 1 N–H and O–H groups in total. The zero-order chi connectivity index (χ0) is 18.7. The van der Waals surface area contributed by atoms with Gasteiger partial charge in [0, 0.05) is 10.9 Å². The molecule has 0 aliphatic rings. The van der Waals surface area contributed by atoms with Crippen LogP contribution in [0, 0.1) is 20.8 Å². The number of carbonyl (C=O) groups excluding carboxylic acids is 1. The predicted molar refractivity (Wildman–Crippen MR) is 107 cm³/mol. The first-order chi connectivity index (χ1) is 12.4. The second-order valence-electron chi connectivity index (χ2n) is 6.37. The Morgan fingerprint density at radius 3 is 2.42 bits per heavy atom. The summed E-state index contributed by atoms with van der Waals surface area (Å²) in [5, 5.41) is 5.40. The molecular weight excluding hydrogens is 344 g/mol. The van der Waals surface area contributed by atoms with E-state index in [0.29, 0.717) is 10.9 Å². The Bertz CT molecular complexity index is 896. The predicted octanol–water partition coefficient (Wildman–Crippen LogP) is 5.14. The van der Waals surface area contributed by atoms with Crippen molar-refractivity contribution in [3.8, 4) is 17.0 Å². The van der Waals surface area contributed by atoms with Gasteiger partial charge in [-0.05, 0) is 51.0 Å². The molecule has 1 atom stereocenters. The maximum Gasteiger partial charge on any atom is 0.266 e. The van der Waals surface area contributed by atoms with Crippen molar-refractivity contribution in [2.24, 2.45) is 0 Å². The van der Waals surface area contributed by atoms with Crippen molar-refractivity contribution in [2.45, 2.75) is 33.8 Å². The lowest BCUT2D eigenvalue weighted by Gasteiger charge is -2.13. The molecule has 4 nitrogen and oxygen atoms in total. The van der Waals surface area contributed by atoms with E-state index in [0.717, 1.165) is 11.3 Å². The van der Waals surface area contributed by atoms with Gasteiger partial charge in [0.15, 0.2) is 11.2 Å². The Morgan fingerprint density at radius 1 is 1.12 bits per heavy atom. The summed E-state index contributed by atoms with van der Waals surface area (Å²) in [5.41, 5.74) is 5.62. The van der Waals surface area contributed by atoms with Crippen LogP contribution in [0.25, 0.3) is 11.3 Å². The lowest BCUT2D eigenvalue weighted by molar-refractivity contribution is -0.122. The fraction of sp³-hybridized carbons (Fsp3) is 0.238. The van der Waals surface area contributed by atoms with Gasteiger partial charge in [0.1, 0.15) is 5.75 Å². The Hall–Kier alpha value is -2.66. The first-order valence-electron chi connectivity index (χ1n) is 8.50. The van der Waals surface area contributed by atoms with Crippen molar-refractivity contribution in [3.63, 3.8) is 0 Å². The third kappa shape index (κ3) is 4.11. The van der Waals surface area contributed by atoms with Crippen LogP contribution in [-0.2, 0) is 4.79 Å². The number of nitrogens with zero attached hydrogens (tertiary/aromatic N) is 1. The van der Waals surface area contributed by atoms with Gasteiger partial charge < -0.3 is 4.74 Å². The number of amides is 1. The van der Waals surface area contributed by atoms with E-state index in [1.54, 1.807) is 6.92 Å². The quantitative estimate of drug-likeness (QED) is 0.680. The molecule has 0 aliphatic heterocycles. The van der Waals surface area contributed by atoms with E-state index in [4.69, 9.17) is 4.74 Å². The zero-order valence-electron chi connectivity index (χ0n) is 15.4. The number of carbonyl (C=O) groups is 1. The van der Waals surface area contributed by atoms with Gasteiger partial charge >= 0.3 is 0 Å². The number of anilines is 1. The minimum Gasteiger partial charge on any atom is -0.481 e. The average Bonchev–Trinajstić information content (AvgIpc) is 3.02. The van der Waals surface area contributed by atoms with Crippen molar-refractivity contribution >= 4 is 22.4 Å². The maximum absolute atomic E-state index is 12.4. The second-order valence-corrected chi connectivity index (χ2v) is 7.23. The Kier molecular flexibility index (Phi) is 5.38. The maximum atomic E-state index is 12.4. The molecule has 0 aliphatic carbocycles. The number of aryl methyl sites for hydroxylation is 3. The third-order valence-electron chi connectivity index (χ3n) is 4.09. The standard InChI is InChI=1S/C21H22N2O2S/c1-13-10-14(2)19(15(3)11-13)18-12-26-21(22-18)23-20(24)16(4)25-17-8-6-5-7-9-17/h5-12,16H,1-4H3,(H,22,23,24)/t16-/m0/s1. The molecule has 3 aromatic rings. The molecule has 3 rings (SSSR count). The van der Waals surface area contributed by atoms with Crippen molar-refractivity contribution in [1.82, 2.24) is 4.98 Å². The number of para-hydroxylation sites is 1. The van der Waals surface area contributed by atoms with Gasteiger partial charge in [0.2, 0.25) is 0 Å². The topological polar surface area (TPSA) is 51.2 Å². The summed E-state index contributed by atoms with van der Waals surface area (Å²) < 4.78 is 5.66. The van der Waals surface area contributed by atoms with E-state index < -0.39 is 6.10 Å². The smallest absolute Gasteiger partial charge is 0.266 e. The molecule has 0 bridgehead atoms. The molecule has 1 amide bonds. The highest BCUT2D eigenvalue weighted by Crippen LogP contribution is 2.31. The van der Waals surface area contributed by atoms with Gasteiger partial charge in [-0.3, -0.25) is 10.1 Å². The van der Waals surface area contributed by atoms with Crippen LogP contribution in [0.4, 0.5) is 5.13 Å². The summed E-state index contributed by atoms with van der Waals surface area (Å²) in [6, 6.07) is 13.6. The minimum absolute atomic E-state index is 0.216. The Labute approximate surface area is 157 Å². The van der Waals surface area contributed by atoms with Gasteiger partial charge in [-0.1, -0.05) is 35.9 Å². The lowest BCUT2D eigenvalue weighted by atomic mass is 9.98. The summed E-state index contributed by atoms with van der Waals surface area (Å²) in [4.78, 5) is 17.0. The highest BCUT2D eigenvalue weighted by molar-refractivity contribution is 7.14. The largest absolute Gasteiger partial charge is 0.481 e. The highest BCUT2D eigenvalue weighted by atomic mass is 32.1. The fourth-order valence-electron chi connectivity index (χ4n) is 2.99. The van der Waals surface area contributed by atoms with E-state index in [1.165, 1.54) is 28.0 Å². The number of thiazole rings is 1. The molecule has 134 valence electrons. The Morgan fingerprint density at radius 2 is 1.77 bits per heavy atom. The molecular formula is C21H22N2O2S. The van der Waals surface area contributed by atoms with Gasteiger partial charge in [-0.25, -0.2) is 4.98 Å². The molecule has 0 spiro atoms. The number of hydrogen-bond acceptors (Lipinski definition) is 4. The number of aromatic nitrogens is 1. The van der Waals surface area contributed by atoms with Crippen molar-refractivity contribution in [1.29, 1.82) is 0 Å². The van der Waals surface area contributed by atoms with Gasteiger partial charge in [-0.2, -0.15) is 0 Å². The second kappa shape index (κ2) is 7.70. The van der Waals surface area contributed by atoms with Crippen LogP contribution in [0.1, 0.15) is 23.6 Å². The summed E-state index contributed by atoms with van der Waals surface area (Å²) in [7, 11) is 0. The molecule has 0 saturated carbocycles. The zero-order valence-corrected chi connectivity index (χ0v) is 16.2. The van der Waals surface area contributed by atoms with Gasteiger partial charge in [0.05, 0.1) is 5.69 Å². The first-order valence-corrected chi connectivity index (χ1v) is 9.38. The molecule has 5 heteroatoms. The van der Waals surface area contributed by atoms with E-state index in [-0.39, 0.29) is 5.91 Å². The number of ether oxygens (including phenoxy) is 1. The van der Waals surface area contributed by atoms with E-state index in [9.17, 15) is 4.79 Å². The van der Waals surface area contributed by atoms with Gasteiger partial charge in [0.25, 0.3) is 5.91 Å². The number of rotatable bonds is 5. The number of hydrogen-bond donors (Lipinski definition) is 1. The molecule has 1 heterocycles. The highest BCUT2D eigenvalue weighted by Gasteiger charge is 2.17. The van der Waals surface area contributed by atoms with E-state index in [1.807, 2.05) is 35.7 Å². The summed E-state index contributed by atoms with van der Waals surface area (Å²) in [6.07, 6.45) is -0.604. The Balaban J connectivity index is 1.71. The molecule has 0 unspecified atom stereocenters. The number of benzene rings is 2. The van der Waals surface area contributed by atoms with Crippen LogP contribution in [0.3, 0.4) is 0 Å². The lowest BCUT2D eigenvalue weighted by Crippen LogP contribution is -2.30. The molecule has 26 heavy (non-hydrogen) atoms. The molecule has 0 radical (unpaired) electrons. The van der Waals surface area contributed by atoms with Crippen LogP contribution >= 0.6 is 11.3 Å². The van der Waals surface area contributed by atoms with Crippen LogP contribution in [-0.4, -0.2) is 17.0 Å². The SMILES string of the molecule is Cc1cc(C)c(-c2csc(NC(=O)[C@H](C)Oc3ccccc3)n2)c(C)c1. The summed E-state index contributed by atoms with van der Waals surface area (Å²) in [6.45, 7) is 7.99. The molecule has 2 aromatic carbocycles. The first kappa shape index (κ1) is 18.1. The minimum atomic E-state index is -0.604. The van der Waals surface area contributed by atoms with Crippen LogP contribution in [0.5, 0.6) is 5.75 Å². The normalized spacial score (nSPS) is 11.8. The number of nitrogens with one attached hydrogen (secondary N) is 1. The average molecular weight is 366 g/mol. The van der Waals surface area contributed by atoms with Crippen LogP contribution in [0.15, 0.2) is 47.8 Å². The molecule has 1 aromatic heterocycles. The van der Waals surface area contributed by atoms with Crippen molar-refractivity contribution in [2.75, 3.05) is 5.32 Å². The van der Waals surface area contributed by atoms with Crippen LogP contribution < -0.4 is 10.1 Å². The monoisotopic (exact) mass is 366 g/mol. The van der Waals surface area contributed by atoms with Gasteiger partial charge in [-0.15, -0.1) is 11.3 Å². The fourth-order valence-corrected chi connectivity index (χ4v) is 3.70. The third-order valence-corrected chi connectivity index (χ3v) is 4.85. The van der Waals surface area contributed by atoms with Crippen LogP contribution in [0.2, 0.25) is 0 Å². The van der Waals surface area contributed by atoms with E-state index >= 15 is 0 Å². The van der Waals surface area contributed by atoms with Crippen molar-refractivity contribution in [3.05, 3.63) is 64.5 Å². The summed E-state index contributed by atoms with van der Waals surface area (Å²) >= 11 is 1.42. The van der Waals surface area contributed by atoms with E-state index in [2.05, 4.69) is 43.2 Å². The summed E-state index contributed by atoms with van der Waals surface area (Å²) in [5.74, 6) is 0.452.